The van der Waals surface area contributed by atoms with Gasteiger partial charge in [-0.05, 0) is 38.0 Å². The molecule has 0 saturated carbocycles. The molecule has 1 unspecified atom stereocenters. The normalized spacial score (nSPS) is 23.5. The molecule has 3 heteroatoms. The molecule has 0 spiro atoms. The van der Waals surface area contributed by atoms with E-state index in [0.717, 1.165) is 5.75 Å². The first-order valence-electron chi connectivity index (χ1n) is 7.60. The summed E-state index contributed by atoms with van der Waals surface area (Å²) in [6.07, 6.45) is 5.21. The molecule has 0 radical (unpaired) electrons. The van der Waals surface area contributed by atoms with Crippen molar-refractivity contribution >= 4 is 12.6 Å². The van der Waals surface area contributed by atoms with Crippen LogP contribution in [0.5, 0.6) is 0 Å². The standard InChI is InChI=1S/C15H32N2S/c1-5-7-15(13-18,8-6-2)12-17-10-9-16(4)11-14(17)3/h14,18H,5-13H2,1-4H3. The molecule has 0 aliphatic carbocycles. The number of thiol groups is 1. The van der Waals surface area contributed by atoms with Crippen molar-refractivity contribution < 1.29 is 0 Å². The molecule has 1 aliphatic heterocycles. The average Bonchev–Trinajstić information content (AvgIpc) is 2.33. The molecular formula is C15H32N2S. The Morgan fingerprint density at radius 2 is 1.78 bits per heavy atom. The lowest BCUT2D eigenvalue weighted by atomic mass is 9.80. The van der Waals surface area contributed by atoms with E-state index in [4.69, 9.17) is 0 Å². The van der Waals surface area contributed by atoms with Gasteiger partial charge in [-0.1, -0.05) is 26.7 Å². The Hall–Kier alpha value is 0.270. The van der Waals surface area contributed by atoms with Gasteiger partial charge < -0.3 is 4.90 Å². The van der Waals surface area contributed by atoms with Crippen LogP contribution in [0.1, 0.15) is 46.5 Å². The summed E-state index contributed by atoms with van der Waals surface area (Å²) >= 11 is 4.68. The highest BCUT2D eigenvalue weighted by atomic mass is 32.1. The predicted octanol–water partition coefficient (Wildman–Crippen LogP) is 3.14. The maximum Gasteiger partial charge on any atom is 0.0195 e. The molecule has 0 aromatic rings. The summed E-state index contributed by atoms with van der Waals surface area (Å²) in [5, 5.41) is 0. The minimum Gasteiger partial charge on any atom is -0.304 e. The molecule has 0 aromatic carbocycles. The number of nitrogens with zero attached hydrogens (tertiary/aromatic N) is 2. The molecule has 0 N–H and O–H groups in total. The van der Waals surface area contributed by atoms with Crippen molar-refractivity contribution in [2.24, 2.45) is 5.41 Å². The molecule has 1 saturated heterocycles. The second-order valence-electron chi connectivity index (χ2n) is 6.24. The first-order chi connectivity index (χ1) is 8.56. The third-order valence-electron chi connectivity index (χ3n) is 4.40. The quantitative estimate of drug-likeness (QED) is 0.711. The molecule has 18 heavy (non-hydrogen) atoms. The van der Waals surface area contributed by atoms with E-state index in [1.807, 2.05) is 0 Å². The molecule has 1 fully saturated rings. The van der Waals surface area contributed by atoms with Crippen molar-refractivity contribution in [1.29, 1.82) is 0 Å². The Labute approximate surface area is 120 Å². The van der Waals surface area contributed by atoms with Crippen LogP contribution >= 0.6 is 12.6 Å². The fourth-order valence-electron chi connectivity index (χ4n) is 3.39. The fraction of sp³-hybridized carbons (Fsp3) is 1.00. The van der Waals surface area contributed by atoms with Crippen molar-refractivity contribution in [3.05, 3.63) is 0 Å². The van der Waals surface area contributed by atoms with Crippen LogP contribution in [0.3, 0.4) is 0 Å². The van der Waals surface area contributed by atoms with Crippen LogP contribution in [0, 0.1) is 5.41 Å². The zero-order valence-corrected chi connectivity index (χ0v) is 13.7. The number of hydrogen-bond acceptors (Lipinski definition) is 3. The lowest BCUT2D eigenvalue weighted by molar-refractivity contribution is 0.0545. The third kappa shape index (κ3) is 4.43. The fourth-order valence-corrected chi connectivity index (χ4v) is 3.81. The molecule has 1 aliphatic rings. The highest BCUT2D eigenvalue weighted by Crippen LogP contribution is 2.33. The van der Waals surface area contributed by atoms with Crippen molar-refractivity contribution in [3.8, 4) is 0 Å². The highest BCUT2D eigenvalue weighted by Gasteiger charge is 2.32. The zero-order chi connectivity index (χ0) is 13.6. The summed E-state index contributed by atoms with van der Waals surface area (Å²) < 4.78 is 0. The Morgan fingerprint density at radius 3 is 2.22 bits per heavy atom. The Morgan fingerprint density at radius 1 is 1.17 bits per heavy atom. The van der Waals surface area contributed by atoms with Crippen LogP contribution in [0.15, 0.2) is 0 Å². The second kappa shape index (κ2) is 7.76. The van der Waals surface area contributed by atoms with E-state index in [1.54, 1.807) is 0 Å². The van der Waals surface area contributed by atoms with Gasteiger partial charge in [0, 0.05) is 32.2 Å². The van der Waals surface area contributed by atoms with Gasteiger partial charge in [-0.2, -0.15) is 12.6 Å². The largest absolute Gasteiger partial charge is 0.304 e. The zero-order valence-electron chi connectivity index (χ0n) is 12.8. The summed E-state index contributed by atoms with van der Waals surface area (Å²) in [5.41, 5.74) is 0.441. The van der Waals surface area contributed by atoms with E-state index in [1.165, 1.54) is 51.9 Å². The first kappa shape index (κ1) is 16.3. The van der Waals surface area contributed by atoms with Crippen LogP contribution < -0.4 is 0 Å². The minimum absolute atomic E-state index is 0.441. The van der Waals surface area contributed by atoms with E-state index in [9.17, 15) is 0 Å². The maximum absolute atomic E-state index is 4.68. The average molecular weight is 273 g/mol. The van der Waals surface area contributed by atoms with Crippen LogP contribution in [0.4, 0.5) is 0 Å². The lowest BCUT2D eigenvalue weighted by Gasteiger charge is -2.44. The molecule has 1 rings (SSSR count). The van der Waals surface area contributed by atoms with Gasteiger partial charge in [0.15, 0.2) is 0 Å². The van der Waals surface area contributed by atoms with E-state index in [-0.39, 0.29) is 0 Å². The van der Waals surface area contributed by atoms with Gasteiger partial charge in [0.25, 0.3) is 0 Å². The Balaban J connectivity index is 2.64. The van der Waals surface area contributed by atoms with Crippen molar-refractivity contribution in [2.75, 3.05) is 39.0 Å². The summed E-state index contributed by atoms with van der Waals surface area (Å²) in [6.45, 7) is 11.9. The van der Waals surface area contributed by atoms with E-state index in [0.29, 0.717) is 11.5 Å². The van der Waals surface area contributed by atoms with Crippen molar-refractivity contribution in [2.45, 2.75) is 52.5 Å². The van der Waals surface area contributed by atoms with Gasteiger partial charge in [-0.25, -0.2) is 0 Å². The van der Waals surface area contributed by atoms with Crippen LogP contribution in [0.2, 0.25) is 0 Å². The summed E-state index contributed by atoms with van der Waals surface area (Å²) in [7, 11) is 2.23. The van der Waals surface area contributed by atoms with Gasteiger partial charge in [-0.3, -0.25) is 4.90 Å². The van der Waals surface area contributed by atoms with Crippen LogP contribution in [-0.4, -0.2) is 54.8 Å². The van der Waals surface area contributed by atoms with E-state index in [2.05, 4.69) is 50.2 Å². The smallest absolute Gasteiger partial charge is 0.0195 e. The first-order valence-corrected chi connectivity index (χ1v) is 8.23. The maximum atomic E-state index is 4.68. The molecule has 2 nitrogen and oxygen atoms in total. The molecular weight excluding hydrogens is 240 g/mol. The molecule has 0 amide bonds. The lowest BCUT2D eigenvalue weighted by Crippen LogP contribution is -2.54. The monoisotopic (exact) mass is 272 g/mol. The third-order valence-corrected chi connectivity index (χ3v) is 5.07. The summed E-state index contributed by atoms with van der Waals surface area (Å²) in [5.74, 6) is 1.04. The predicted molar refractivity (Wildman–Crippen MR) is 84.6 cm³/mol. The van der Waals surface area contributed by atoms with Gasteiger partial charge in [-0.15, -0.1) is 0 Å². The minimum atomic E-state index is 0.441. The van der Waals surface area contributed by atoms with Gasteiger partial charge in [0.1, 0.15) is 0 Å². The van der Waals surface area contributed by atoms with E-state index < -0.39 is 0 Å². The molecule has 1 atom stereocenters. The molecule has 1 heterocycles. The van der Waals surface area contributed by atoms with E-state index >= 15 is 0 Å². The SMILES string of the molecule is CCCC(CS)(CCC)CN1CCN(C)CC1C. The van der Waals surface area contributed by atoms with Crippen LogP contribution in [0.25, 0.3) is 0 Å². The van der Waals surface area contributed by atoms with Crippen LogP contribution in [-0.2, 0) is 0 Å². The van der Waals surface area contributed by atoms with Crippen molar-refractivity contribution in [3.63, 3.8) is 0 Å². The Kier molecular flexibility index (Phi) is 7.04. The second-order valence-corrected chi connectivity index (χ2v) is 6.56. The van der Waals surface area contributed by atoms with Gasteiger partial charge in [0.05, 0.1) is 0 Å². The number of piperazine rings is 1. The summed E-state index contributed by atoms with van der Waals surface area (Å²) in [6, 6.07) is 0.691. The highest BCUT2D eigenvalue weighted by molar-refractivity contribution is 7.80. The Bertz CT molecular complexity index is 227. The summed E-state index contributed by atoms with van der Waals surface area (Å²) in [4.78, 5) is 5.14. The number of likely N-dealkylation sites (N-methyl/N-ethyl adjacent to an activating group) is 1. The van der Waals surface area contributed by atoms with Gasteiger partial charge in [0.2, 0.25) is 0 Å². The number of rotatable bonds is 7. The number of hydrogen-bond donors (Lipinski definition) is 1. The molecule has 108 valence electrons. The molecule has 0 aromatic heterocycles. The van der Waals surface area contributed by atoms with Gasteiger partial charge >= 0.3 is 0 Å². The topological polar surface area (TPSA) is 6.48 Å². The molecule has 0 bridgehead atoms. The van der Waals surface area contributed by atoms with Crippen molar-refractivity contribution in [1.82, 2.24) is 9.80 Å².